The highest BCUT2D eigenvalue weighted by molar-refractivity contribution is 5.94. The molecule has 1 aromatic carbocycles. The van der Waals surface area contributed by atoms with Gasteiger partial charge in [0.05, 0.1) is 6.54 Å². The molecule has 128 valence electrons. The minimum absolute atomic E-state index is 0. The number of nitrogens with zero attached hydrogens (tertiary/aromatic N) is 2. The number of aromatic nitrogens is 2. The van der Waals surface area contributed by atoms with Gasteiger partial charge in [-0.25, -0.2) is 4.98 Å². The van der Waals surface area contributed by atoms with Crippen LogP contribution in [0.25, 0.3) is 0 Å². The second-order valence-electron chi connectivity index (χ2n) is 4.96. The molecule has 7 heteroatoms. The quantitative estimate of drug-likeness (QED) is 0.798. The van der Waals surface area contributed by atoms with Crippen LogP contribution in [0.1, 0.15) is 35.1 Å². The molecule has 0 saturated carbocycles. The number of nitrogens with one attached hydrogen (secondary N) is 1. The van der Waals surface area contributed by atoms with Crippen LogP contribution in [0.15, 0.2) is 36.7 Å². The van der Waals surface area contributed by atoms with Crippen molar-refractivity contribution in [3.8, 4) is 0 Å². The van der Waals surface area contributed by atoms with Crippen molar-refractivity contribution in [3.05, 3.63) is 53.6 Å². The first-order valence-electron chi connectivity index (χ1n) is 7.31. The SMILES string of the molecule is CCCn1ccnc1CNC(=O)c1ccc(CCN)cc1.Cl.Cl. The topological polar surface area (TPSA) is 72.9 Å². The van der Waals surface area contributed by atoms with E-state index in [4.69, 9.17) is 5.73 Å². The molecule has 0 aliphatic rings. The number of amides is 1. The molecule has 5 nitrogen and oxygen atoms in total. The summed E-state index contributed by atoms with van der Waals surface area (Å²) in [7, 11) is 0. The van der Waals surface area contributed by atoms with E-state index in [2.05, 4.69) is 21.8 Å². The van der Waals surface area contributed by atoms with Gasteiger partial charge in [0.25, 0.3) is 5.91 Å². The van der Waals surface area contributed by atoms with E-state index in [1.54, 1.807) is 6.20 Å². The average Bonchev–Trinajstić information content (AvgIpc) is 2.94. The van der Waals surface area contributed by atoms with Crippen LogP contribution in [0.2, 0.25) is 0 Å². The zero-order chi connectivity index (χ0) is 15.1. The van der Waals surface area contributed by atoms with Gasteiger partial charge >= 0.3 is 0 Å². The van der Waals surface area contributed by atoms with Crippen molar-refractivity contribution in [1.82, 2.24) is 14.9 Å². The Bertz CT molecular complexity index is 584. The van der Waals surface area contributed by atoms with Gasteiger partial charge in [0, 0.05) is 24.5 Å². The highest BCUT2D eigenvalue weighted by atomic mass is 35.5. The van der Waals surface area contributed by atoms with Crippen LogP contribution in [-0.2, 0) is 19.5 Å². The monoisotopic (exact) mass is 358 g/mol. The number of imidazole rings is 1. The summed E-state index contributed by atoms with van der Waals surface area (Å²) in [6.45, 7) is 4.09. The molecule has 0 fully saturated rings. The zero-order valence-corrected chi connectivity index (χ0v) is 14.8. The third-order valence-corrected chi connectivity index (χ3v) is 3.32. The van der Waals surface area contributed by atoms with Gasteiger partial charge in [-0.15, -0.1) is 24.8 Å². The number of carbonyl (C=O) groups is 1. The van der Waals surface area contributed by atoms with E-state index in [1.165, 1.54) is 0 Å². The van der Waals surface area contributed by atoms with E-state index >= 15 is 0 Å². The van der Waals surface area contributed by atoms with Gasteiger partial charge in [0.1, 0.15) is 5.82 Å². The van der Waals surface area contributed by atoms with Crippen LogP contribution in [-0.4, -0.2) is 22.0 Å². The third-order valence-electron chi connectivity index (χ3n) is 3.32. The molecular formula is C16H24Cl2N4O. The molecule has 2 rings (SSSR count). The standard InChI is InChI=1S/C16H22N4O.2ClH/c1-2-10-20-11-9-18-15(20)12-19-16(21)14-5-3-13(4-6-14)7-8-17;;/h3-6,9,11H,2,7-8,10,12,17H2,1H3,(H,19,21);2*1H. The molecule has 3 N–H and O–H groups in total. The number of aryl methyl sites for hydroxylation is 1. The maximum atomic E-state index is 12.1. The number of benzene rings is 1. The first kappa shape index (κ1) is 21.4. The van der Waals surface area contributed by atoms with Gasteiger partial charge < -0.3 is 15.6 Å². The number of hydrogen-bond donors (Lipinski definition) is 2. The van der Waals surface area contributed by atoms with Crippen molar-refractivity contribution < 1.29 is 4.79 Å². The normalized spacial score (nSPS) is 9.65. The summed E-state index contributed by atoms with van der Waals surface area (Å²) in [5.41, 5.74) is 7.31. The van der Waals surface area contributed by atoms with Crippen LogP contribution in [0.5, 0.6) is 0 Å². The van der Waals surface area contributed by atoms with E-state index in [0.29, 0.717) is 18.7 Å². The smallest absolute Gasteiger partial charge is 0.251 e. The first-order chi connectivity index (χ1) is 10.2. The molecule has 1 heterocycles. The molecule has 0 unspecified atom stereocenters. The highest BCUT2D eigenvalue weighted by Gasteiger charge is 2.07. The Morgan fingerprint density at radius 2 is 1.96 bits per heavy atom. The van der Waals surface area contributed by atoms with Crippen LogP contribution < -0.4 is 11.1 Å². The third kappa shape index (κ3) is 6.22. The zero-order valence-electron chi connectivity index (χ0n) is 13.2. The molecule has 0 aliphatic heterocycles. The van der Waals surface area contributed by atoms with E-state index < -0.39 is 0 Å². The summed E-state index contributed by atoms with van der Waals surface area (Å²) in [6.07, 6.45) is 5.57. The Balaban J connectivity index is 0.00000242. The predicted molar refractivity (Wildman–Crippen MR) is 97.4 cm³/mol. The lowest BCUT2D eigenvalue weighted by molar-refractivity contribution is 0.0949. The van der Waals surface area contributed by atoms with Crippen LogP contribution in [0, 0.1) is 0 Å². The van der Waals surface area contributed by atoms with E-state index in [-0.39, 0.29) is 30.7 Å². The number of rotatable bonds is 7. The molecule has 0 bridgehead atoms. The summed E-state index contributed by atoms with van der Waals surface area (Å²) < 4.78 is 2.06. The van der Waals surface area contributed by atoms with Gasteiger partial charge in [-0.3, -0.25) is 4.79 Å². The molecule has 0 atom stereocenters. The molecular weight excluding hydrogens is 335 g/mol. The van der Waals surface area contributed by atoms with E-state index in [0.717, 1.165) is 30.8 Å². The minimum atomic E-state index is -0.0830. The lowest BCUT2D eigenvalue weighted by Crippen LogP contribution is -2.24. The Morgan fingerprint density at radius 1 is 1.26 bits per heavy atom. The van der Waals surface area contributed by atoms with Crippen LogP contribution in [0.3, 0.4) is 0 Å². The molecule has 1 amide bonds. The molecule has 0 saturated heterocycles. The van der Waals surface area contributed by atoms with Crippen molar-refractivity contribution in [2.24, 2.45) is 5.73 Å². The largest absolute Gasteiger partial charge is 0.345 e. The maximum Gasteiger partial charge on any atom is 0.251 e. The number of halogens is 2. The van der Waals surface area contributed by atoms with Crippen molar-refractivity contribution in [1.29, 1.82) is 0 Å². The van der Waals surface area contributed by atoms with Crippen molar-refractivity contribution in [2.75, 3.05) is 6.54 Å². The Kier molecular flexibility index (Phi) is 10.3. The van der Waals surface area contributed by atoms with Crippen LogP contribution >= 0.6 is 24.8 Å². The number of nitrogens with two attached hydrogens (primary N) is 1. The maximum absolute atomic E-state index is 12.1. The van der Waals surface area contributed by atoms with Gasteiger partial charge in [0.2, 0.25) is 0 Å². The fourth-order valence-electron chi connectivity index (χ4n) is 2.20. The highest BCUT2D eigenvalue weighted by Crippen LogP contribution is 2.06. The fraction of sp³-hybridized carbons (Fsp3) is 0.375. The minimum Gasteiger partial charge on any atom is -0.345 e. The predicted octanol–water partition coefficient (Wildman–Crippen LogP) is 2.57. The first-order valence-corrected chi connectivity index (χ1v) is 7.31. The lowest BCUT2D eigenvalue weighted by Gasteiger charge is -2.08. The number of carbonyl (C=O) groups excluding carboxylic acids is 1. The molecule has 2 aromatic rings. The lowest BCUT2D eigenvalue weighted by atomic mass is 10.1. The summed E-state index contributed by atoms with van der Waals surface area (Å²) >= 11 is 0. The van der Waals surface area contributed by atoms with E-state index in [1.807, 2.05) is 30.5 Å². The molecule has 1 aromatic heterocycles. The van der Waals surface area contributed by atoms with Crippen molar-refractivity contribution in [3.63, 3.8) is 0 Å². The summed E-state index contributed by atoms with van der Waals surface area (Å²) in [6, 6.07) is 7.55. The summed E-state index contributed by atoms with van der Waals surface area (Å²) in [4.78, 5) is 16.4. The summed E-state index contributed by atoms with van der Waals surface area (Å²) in [5.74, 6) is 0.797. The average molecular weight is 359 g/mol. The molecule has 23 heavy (non-hydrogen) atoms. The van der Waals surface area contributed by atoms with Gasteiger partial charge in [-0.05, 0) is 37.1 Å². The van der Waals surface area contributed by atoms with Crippen molar-refractivity contribution in [2.45, 2.75) is 32.9 Å². The van der Waals surface area contributed by atoms with Gasteiger partial charge in [0.15, 0.2) is 0 Å². The Labute approximate surface area is 149 Å². The second kappa shape index (κ2) is 11.0. The van der Waals surface area contributed by atoms with Gasteiger partial charge in [-0.2, -0.15) is 0 Å². The van der Waals surface area contributed by atoms with Gasteiger partial charge in [-0.1, -0.05) is 19.1 Å². The molecule has 0 radical (unpaired) electrons. The van der Waals surface area contributed by atoms with Crippen LogP contribution in [0.4, 0.5) is 0 Å². The number of hydrogen-bond acceptors (Lipinski definition) is 3. The Morgan fingerprint density at radius 3 is 2.57 bits per heavy atom. The van der Waals surface area contributed by atoms with Crippen molar-refractivity contribution >= 4 is 30.7 Å². The second-order valence-corrected chi connectivity index (χ2v) is 4.96. The van der Waals surface area contributed by atoms with E-state index in [9.17, 15) is 4.79 Å². The fourth-order valence-corrected chi connectivity index (χ4v) is 2.20. The molecule has 0 aliphatic carbocycles. The summed E-state index contributed by atoms with van der Waals surface area (Å²) in [5, 5.41) is 2.90. The molecule has 0 spiro atoms. The Hall–Kier alpha value is -1.56.